The third-order valence-corrected chi connectivity index (χ3v) is 2.64. The fourth-order valence-corrected chi connectivity index (χ4v) is 1.68. The predicted molar refractivity (Wildman–Crippen MR) is 50.2 cm³/mol. The number of aliphatic hydroxyl groups excluding tert-OH is 1. The van der Waals surface area contributed by atoms with Crippen LogP contribution in [0.1, 0.15) is 38.0 Å². The quantitative estimate of drug-likeness (QED) is 0.766. The number of hydrogen-bond acceptors (Lipinski definition) is 2. The first-order valence-electron chi connectivity index (χ1n) is 5.01. The predicted octanol–water partition coefficient (Wildman–Crippen LogP) is 1.74. The first-order chi connectivity index (χ1) is 6.31. The third kappa shape index (κ3) is 1.91. The number of hydrogen-bond donors (Lipinski definition) is 1. The number of aliphatic hydroxyl groups is 1. The summed E-state index contributed by atoms with van der Waals surface area (Å²) in [6, 6.07) is 1.91. The molecule has 0 aliphatic heterocycles. The van der Waals surface area contributed by atoms with Gasteiger partial charge in [0.05, 0.1) is 11.8 Å². The number of aryl methyl sites for hydroxylation is 1. The van der Waals surface area contributed by atoms with Crippen LogP contribution in [-0.2, 0) is 6.54 Å². The lowest BCUT2D eigenvalue weighted by Gasteiger charge is -2.11. The van der Waals surface area contributed by atoms with Gasteiger partial charge >= 0.3 is 0 Å². The Morgan fingerprint density at radius 1 is 1.69 bits per heavy atom. The average Bonchev–Trinajstić information content (AvgIpc) is 2.82. The minimum absolute atomic E-state index is 0.310. The van der Waals surface area contributed by atoms with Crippen LogP contribution in [-0.4, -0.2) is 14.9 Å². The molecule has 0 amide bonds. The van der Waals surface area contributed by atoms with Crippen molar-refractivity contribution in [2.45, 2.75) is 38.8 Å². The molecule has 0 bridgehead atoms. The summed E-state index contributed by atoms with van der Waals surface area (Å²) in [6.07, 6.45) is 4.94. The van der Waals surface area contributed by atoms with Crippen LogP contribution in [0.4, 0.5) is 0 Å². The van der Waals surface area contributed by atoms with Crippen molar-refractivity contribution in [3.8, 4) is 0 Å². The summed E-state index contributed by atoms with van der Waals surface area (Å²) in [5.74, 6) is 0.759. The molecule has 72 valence electrons. The van der Waals surface area contributed by atoms with Crippen LogP contribution in [0.3, 0.4) is 0 Å². The molecule has 1 saturated carbocycles. The topological polar surface area (TPSA) is 38.0 Å². The zero-order valence-electron chi connectivity index (χ0n) is 7.98. The van der Waals surface area contributed by atoms with E-state index in [1.54, 1.807) is 6.20 Å². The Labute approximate surface area is 78.4 Å². The fraction of sp³-hybridized carbons (Fsp3) is 0.700. The van der Waals surface area contributed by atoms with E-state index in [1.165, 1.54) is 12.8 Å². The van der Waals surface area contributed by atoms with E-state index in [2.05, 4.69) is 5.10 Å². The second-order valence-electron chi connectivity index (χ2n) is 3.77. The lowest BCUT2D eigenvalue weighted by molar-refractivity contribution is 0.149. The average molecular weight is 180 g/mol. The third-order valence-electron chi connectivity index (χ3n) is 2.64. The van der Waals surface area contributed by atoms with E-state index in [0.29, 0.717) is 0 Å². The zero-order valence-corrected chi connectivity index (χ0v) is 7.98. The van der Waals surface area contributed by atoms with E-state index < -0.39 is 0 Å². The highest BCUT2D eigenvalue weighted by molar-refractivity contribution is 5.05. The van der Waals surface area contributed by atoms with Crippen molar-refractivity contribution in [1.82, 2.24) is 9.78 Å². The largest absolute Gasteiger partial charge is 0.387 e. The van der Waals surface area contributed by atoms with Gasteiger partial charge < -0.3 is 5.11 Å². The monoisotopic (exact) mass is 180 g/mol. The maximum absolute atomic E-state index is 9.87. The second kappa shape index (κ2) is 3.50. The van der Waals surface area contributed by atoms with Crippen LogP contribution in [0, 0.1) is 5.92 Å². The molecule has 1 aromatic heterocycles. The minimum atomic E-state index is -0.310. The van der Waals surface area contributed by atoms with Crippen molar-refractivity contribution < 1.29 is 5.11 Å². The summed E-state index contributed by atoms with van der Waals surface area (Å²) in [4.78, 5) is 0. The highest BCUT2D eigenvalue weighted by atomic mass is 16.3. The Hall–Kier alpha value is -0.830. The summed E-state index contributed by atoms with van der Waals surface area (Å²) >= 11 is 0. The highest BCUT2D eigenvalue weighted by Crippen LogP contribution is 2.37. The summed E-state index contributed by atoms with van der Waals surface area (Å²) in [5.41, 5.74) is 0.967. The van der Waals surface area contributed by atoms with E-state index in [0.717, 1.165) is 24.6 Å². The maximum atomic E-state index is 9.87. The molecule has 2 rings (SSSR count). The number of aromatic nitrogens is 2. The normalized spacial score (nSPS) is 18.9. The first kappa shape index (κ1) is 8.75. The molecule has 1 aliphatic carbocycles. The Morgan fingerprint density at radius 2 is 2.46 bits per heavy atom. The van der Waals surface area contributed by atoms with Gasteiger partial charge in [-0.05, 0) is 25.3 Å². The van der Waals surface area contributed by atoms with Crippen LogP contribution in [0.25, 0.3) is 0 Å². The van der Waals surface area contributed by atoms with Gasteiger partial charge in [0.15, 0.2) is 0 Å². The van der Waals surface area contributed by atoms with Crippen molar-refractivity contribution in [3.63, 3.8) is 0 Å². The summed E-state index contributed by atoms with van der Waals surface area (Å²) < 4.78 is 1.87. The van der Waals surface area contributed by atoms with Crippen molar-refractivity contribution in [2.75, 3.05) is 0 Å². The molecule has 13 heavy (non-hydrogen) atoms. The summed E-state index contributed by atoms with van der Waals surface area (Å²) in [5, 5.41) is 14.0. The molecule has 1 heterocycles. The Balaban J connectivity index is 2.04. The van der Waals surface area contributed by atoms with Gasteiger partial charge in [0, 0.05) is 12.7 Å². The van der Waals surface area contributed by atoms with Gasteiger partial charge in [-0.15, -0.1) is 0 Å². The van der Waals surface area contributed by atoms with Crippen molar-refractivity contribution in [3.05, 3.63) is 18.0 Å². The van der Waals surface area contributed by atoms with E-state index in [4.69, 9.17) is 0 Å². The van der Waals surface area contributed by atoms with Crippen LogP contribution in [0.5, 0.6) is 0 Å². The van der Waals surface area contributed by atoms with E-state index in [1.807, 2.05) is 17.7 Å². The molecule has 0 spiro atoms. The molecular weight excluding hydrogens is 164 g/mol. The molecule has 1 fully saturated rings. The van der Waals surface area contributed by atoms with Crippen LogP contribution < -0.4 is 0 Å². The SMILES string of the molecule is CCn1nccc1C(O)CC1CC1. The van der Waals surface area contributed by atoms with Gasteiger partial charge in [0.25, 0.3) is 0 Å². The standard InChI is InChI=1S/C10H16N2O/c1-2-12-9(5-6-11-12)10(13)7-8-3-4-8/h5-6,8,10,13H,2-4,7H2,1H3. The smallest absolute Gasteiger partial charge is 0.0959 e. The van der Waals surface area contributed by atoms with Crippen molar-refractivity contribution in [1.29, 1.82) is 0 Å². The summed E-state index contributed by atoms with van der Waals surface area (Å²) in [7, 11) is 0. The molecule has 1 unspecified atom stereocenters. The molecule has 1 aromatic rings. The zero-order chi connectivity index (χ0) is 9.26. The van der Waals surface area contributed by atoms with Gasteiger partial charge in [-0.3, -0.25) is 4.68 Å². The molecule has 1 atom stereocenters. The fourth-order valence-electron chi connectivity index (χ4n) is 1.68. The molecule has 0 radical (unpaired) electrons. The van der Waals surface area contributed by atoms with Gasteiger partial charge in [0.1, 0.15) is 0 Å². The minimum Gasteiger partial charge on any atom is -0.387 e. The molecule has 1 aliphatic rings. The van der Waals surface area contributed by atoms with Gasteiger partial charge in [-0.1, -0.05) is 12.8 Å². The number of nitrogens with zero attached hydrogens (tertiary/aromatic N) is 2. The Morgan fingerprint density at radius 3 is 3.08 bits per heavy atom. The highest BCUT2D eigenvalue weighted by Gasteiger charge is 2.26. The van der Waals surface area contributed by atoms with Crippen molar-refractivity contribution >= 4 is 0 Å². The Kier molecular flexibility index (Phi) is 2.36. The van der Waals surface area contributed by atoms with Crippen molar-refractivity contribution in [2.24, 2.45) is 5.92 Å². The van der Waals surface area contributed by atoms with Gasteiger partial charge in [-0.2, -0.15) is 5.10 Å². The lowest BCUT2D eigenvalue weighted by atomic mass is 10.1. The van der Waals surface area contributed by atoms with E-state index in [9.17, 15) is 5.11 Å². The summed E-state index contributed by atoms with van der Waals surface area (Å²) in [6.45, 7) is 2.88. The van der Waals surface area contributed by atoms with Crippen LogP contribution >= 0.6 is 0 Å². The van der Waals surface area contributed by atoms with Crippen LogP contribution in [0.15, 0.2) is 12.3 Å². The van der Waals surface area contributed by atoms with E-state index in [-0.39, 0.29) is 6.10 Å². The molecule has 3 nitrogen and oxygen atoms in total. The van der Waals surface area contributed by atoms with Gasteiger partial charge in [-0.25, -0.2) is 0 Å². The van der Waals surface area contributed by atoms with Crippen LogP contribution in [0.2, 0.25) is 0 Å². The number of rotatable bonds is 4. The molecule has 3 heteroatoms. The lowest BCUT2D eigenvalue weighted by Crippen LogP contribution is -2.08. The first-order valence-corrected chi connectivity index (χ1v) is 5.01. The molecular formula is C10H16N2O. The maximum Gasteiger partial charge on any atom is 0.0959 e. The second-order valence-corrected chi connectivity index (χ2v) is 3.77. The van der Waals surface area contributed by atoms with Gasteiger partial charge in [0.2, 0.25) is 0 Å². The molecule has 0 saturated heterocycles. The Bertz CT molecular complexity index is 278. The molecule has 1 N–H and O–H groups in total. The molecule has 0 aromatic carbocycles. The van der Waals surface area contributed by atoms with E-state index >= 15 is 0 Å².